The van der Waals surface area contributed by atoms with Crippen LogP contribution in [0.4, 0.5) is 0 Å². The van der Waals surface area contributed by atoms with Crippen LogP contribution in [0.5, 0.6) is 0 Å². The topological polar surface area (TPSA) is 26.0 Å². The lowest BCUT2D eigenvalue weighted by atomic mass is 10.1. The van der Waals surface area contributed by atoms with Crippen molar-refractivity contribution in [2.45, 2.75) is 6.92 Å². The van der Waals surface area contributed by atoms with Gasteiger partial charge in [0, 0.05) is 4.47 Å². The van der Waals surface area contributed by atoms with Gasteiger partial charge in [0.25, 0.3) is 0 Å². The van der Waals surface area contributed by atoms with Crippen molar-refractivity contribution in [2.75, 3.05) is 0 Å². The van der Waals surface area contributed by atoms with Crippen molar-refractivity contribution >= 4 is 15.9 Å². The summed E-state index contributed by atoms with van der Waals surface area (Å²) in [6, 6.07) is 6.06. The fourth-order valence-corrected chi connectivity index (χ4v) is 1.81. The Bertz CT molecular complexity index is 409. The maximum absolute atomic E-state index is 5.20. The summed E-state index contributed by atoms with van der Waals surface area (Å²) < 4.78 is 6.21. The van der Waals surface area contributed by atoms with Gasteiger partial charge in [-0.1, -0.05) is 6.07 Å². The number of nitrogens with zero attached hydrogens (tertiary/aromatic N) is 1. The molecule has 0 aliphatic carbocycles. The second-order valence-corrected chi connectivity index (χ2v) is 3.67. The smallest absolute Gasteiger partial charge is 0.227 e. The summed E-state index contributed by atoms with van der Waals surface area (Å²) in [7, 11) is 0. The van der Waals surface area contributed by atoms with E-state index in [1.807, 2.05) is 25.1 Å². The lowest BCUT2D eigenvalue weighted by Crippen LogP contribution is -1.80. The van der Waals surface area contributed by atoms with Crippen molar-refractivity contribution in [1.82, 2.24) is 4.98 Å². The third-order valence-corrected chi connectivity index (χ3v) is 2.44. The third-order valence-electron chi connectivity index (χ3n) is 1.79. The molecule has 3 heteroatoms. The SMILES string of the molecule is Cc1ccc(-c2ncco2)c(Br)c1. The minimum atomic E-state index is 0.645. The fourth-order valence-electron chi connectivity index (χ4n) is 1.15. The molecule has 2 nitrogen and oxygen atoms in total. The summed E-state index contributed by atoms with van der Waals surface area (Å²) in [4.78, 5) is 4.08. The van der Waals surface area contributed by atoms with Gasteiger partial charge in [-0.05, 0) is 40.5 Å². The normalized spacial score (nSPS) is 10.3. The zero-order chi connectivity index (χ0) is 9.26. The summed E-state index contributed by atoms with van der Waals surface area (Å²) in [5.41, 5.74) is 2.19. The first-order valence-corrected chi connectivity index (χ1v) is 4.72. The minimum Gasteiger partial charge on any atom is -0.444 e. The maximum Gasteiger partial charge on any atom is 0.227 e. The lowest BCUT2D eigenvalue weighted by Gasteiger charge is -2.00. The summed E-state index contributed by atoms with van der Waals surface area (Å²) >= 11 is 3.47. The number of hydrogen-bond acceptors (Lipinski definition) is 2. The molecule has 0 bridgehead atoms. The Labute approximate surface area is 84.7 Å². The Morgan fingerprint density at radius 3 is 2.85 bits per heavy atom. The fraction of sp³-hybridized carbons (Fsp3) is 0.100. The molecule has 1 heterocycles. The van der Waals surface area contributed by atoms with Gasteiger partial charge in [0.15, 0.2) is 0 Å². The Hall–Kier alpha value is -1.09. The summed E-state index contributed by atoms with van der Waals surface area (Å²) in [5, 5.41) is 0. The molecule has 1 aromatic carbocycles. The molecular formula is C10H8BrNO. The molecule has 0 amide bonds. The number of oxazole rings is 1. The van der Waals surface area contributed by atoms with Crippen LogP contribution in [0.15, 0.2) is 39.5 Å². The Kier molecular flexibility index (Phi) is 2.19. The molecule has 1 aromatic heterocycles. The van der Waals surface area contributed by atoms with E-state index in [9.17, 15) is 0 Å². The van der Waals surface area contributed by atoms with E-state index in [0.29, 0.717) is 5.89 Å². The van der Waals surface area contributed by atoms with Crippen LogP contribution in [0.3, 0.4) is 0 Å². The van der Waals surface area contributed by atoms with E-state index in [4.69, 9.17) is 4.42 Å². The van der Waals surface area contributed by atoms with Crippen LogP contribution in [0.25, 0.3) is 11.5 Å². The minimum absolute atomic E-state index is 0.645. The number of hydrogen-bond donors (Lipinski definition) is 0. The van der Waals surface area contributed by atoms with E-state index in [1.165, 1.54) is 5.56 Å². The average Bonchev–Trinajstić information content (AvgIpc) is 2.56. The third kappa shape index (κ3) is 1.65. The second-order valence-electron chi connectivity index (χ2n) is 2.82. The van der Waals surface area contributed by atoms with Crippen LogP contribution >= 0.6 is 15.9 Å². The molecule has 0 saturated carbocycles. The Morgan fingerprint density at radius 2 is 2.23 bits per heavy atom. The van der Waals surface area contributed by atoms with Crippen LogP contribution in [-0.2, 0) is 0 Å². The summed E-state index contributed by atoms with van der Waals surface area (Å²) in [6.07, 6.45) is 3.21. The van der Waals surface area contributed by atoms with Gasteiger partial charge in [-0.15, -0.1) is 0 Å². The molecule has 0 radical (unpaired) electrons. The van der Waals surface area contributed by atoms with Crippen molar-refractivity contribution in [3.63, 3.8) is 0 Å². The van der Waals surface area contributed by atoms with Crippen LogP contribution in [-0.4, -0.2) is 4.98 Å². The van der Waals surface area contributed by atoms with E-state index < -0.39 is 0 Å². The highest BCUT2D eigenvalue weighted by molar-refractivity contribution is 9.10. The molecule has 66 valence electrons. The van der Waals surface area contributed by atoms with Gasteiger partial charge in [0.05, 0.1) is 11.8 Å². The molecule has 2 rings (SSSR count). The first-order chi connectivity index (χ1) is 6.27. The highest BCUT2D eigenvalue weighted by atomic mass is 79.9. The van der Waals surface area contributed by atoms with E-state index in [-0.39, 0.29) is 0 Å². The molecule has 0 unspecified atom stereocenters. The quantitative estimate of drug-likeness (QED) is 0.760. The molecular weight excluding hydrogens is 230 g/mol. The molecule has 0 fully saturated rings. The number of rotatable bonds is 1. The average molecular weight is 238 g/mol. The van der Waals surface area contributed by atoms with Crippen molar-refractivity contribution in [1.29, 1.82) is 0 Å². The van der Waals surface area contributed by atoms with Crippen LogP contribution in [0.2, 0.25) is 0 Å². The van der Waals surface area contributed by atoms with Gasteiger partial charge in [0.1, 0.15) is 6.26 Å². The van der Waals surface area contributed by atoms with Gasteiger partial charge in [0.2, 0.25) is 5.89 Å². The molecule has 2 aromatic rings. The molecule has 0 saturated heterocycles. The number of benzene rings is 1. The largest absolute Gasteiger partial charge is 0.444 e. The maximum atomic E-state index is 5.20. The van der Waals surface area contributed by atoms with Crippen molar-refractivity contribution in [3.05, 3.63) is 40.7 Å². The monoisotopic (exact) mass is 237 g/mol. The van der Waals surface area contributed by atoms with Crippen LogP contribution in [0, 0.1) is 6.92 Å². The van der Waals surface area contributed by atoms with Crippen LogP contribution in [0.1, 0.15) is 5.56 Å². The molecule has 0 atom stereocenters. The predicted octanol–water partition coefficient (Wildman–Crippen LogP) is 3.41. The Balaban J connectivity index is 2.53. The molecule has 0 N–H and O–H groups in total. The van der Waals surface area contributed by atoms with E-state index >= 15 is 0 Å². The van der Waals surface area contributed by atoms with Crippen molar-refractivity contribution in [3.8, 4) is 11.5 Å². The van der Waals surface area contributed by atoms with Crippen molar-refractivity contribution in [2.24, 2.45) is 0 Å². The van der Waals surface area contributed by atoms with Crippen LogP contribution < -0.4 is 0 Å². The summed E-state index contributed by atoms with van der Waals surface area (Å²) in [6.45, 7) is 2.05. The zero-order valence-electron chi connectivity index (χ0n) is 7.12. The first-order valence-electron chi connectivity index (χ1n) is 3.93. The standard InChI is InChI=1S/C10H8BrNO/c1-7-2-3-8(9(11)6-7)10-12-4-5-13-10/h2-6H,1H3. The Morgan fingerprint density at radius 1 is 1.38 bits per heavy atom. The number of halogens is 1. The van der Waals surface area contributed by atoms with E-state index in [0.717, 1.165) is 10.0 Å². The summed E-state index contributed by atoms with van der Waals surface area (Å²) in [5.74, 6) is 0.645. The van der Waals surface area contributed by atoms with Crippen molar-refractivity contribution < 1.29 is 4.42 Å². The van der Waals surface area contributed by atoms with Gasteiger partial charge in [-0.25, -0.2) is 4.98 Å². The van der Waals surface area contributed by atoms with Gasteiger partial charge < -0.3 is 4.42 Å². The van der Waals surface area contributed by atoms with E-state index in [1.54, 1.807) is 12.5 Å². The molecule has 13 heavy (non-hydrogen) atoms. The molecule has 0 spiro atoms. The number of aromatic nitrogens is 1. The first kappa shape index (κ1) is 8.51. The highest BCUT2D eigenvalue weighted by Crippen LogP contribution is 2.27. The van der Waals surface area contributed by atoms with Gasteiger partial charge in [-0.3, -0.25) is 0 Å². The van der Waals surface area contributed by atoms with Gasteiger partial charge in [-0.2, -0.15) is 0 Å². The van der Waals surface area contributed by atoms with Gasteiger partial charge >= 0.3 is 0 Å². The zero-order valence-corrected chi connectivity index (χ0v) is 8.71. The number of aryl methyl sites for hydroxylation is 1. The highest BCUT2D eigenvalue weighted by Gasteiger charge is 2.06. The second kappa shape index (κ2) is 3.34. The molecule has 0 aliphatic rings. The predicted molar refractivity (Wildman–Crippen MR) is 54.4 cm³/mol. The lowest BCUT2D eigenvalue weighted by molar-refractivity contribution is 0.574. The van der Waals surface area contributed by atoms with E-state index in [2.05, 4.69) is 20.9 Å². The molecule has 0 aliphatic heterocycles.